The van der Waals surface area contributed by atoms with Crippen molar-refractivity contribution in [3.63, 3.8) is 0 Å². The molecule has 3 aromatic rings. The fraction of sp³-hybridized carbons (Fsp3) is 0.118. The summed E-state index contributed by atoms with van der Waals surface area (Å²) in [6.45, 7) is 0. The molecule has 132 valence electrons. The second-order valence-corrected chi connectivity index (χ2v) is 5.74. The van der Waals surface area contributed by atoms with Crippen molar-refractivity contribution in [1.82, 2.24) is 15.9 Å². The Morgan fingerprint density at radius 3 is 2.46 bits per heavy atom. The van der Waals surface area contributed by atoms with Gasteiger partial charge in [-0.3, -0.25) is 4.79 Å². The molecule has 0 amide bonds. The van der Waals surface area contributed by atoms with Gasteiger partial charge in [0, 0.05) is 16.5 Å². The molecule has 0 bridgehead atoms. The van der Waals surface area contributed by atoms with Gasteiger partial charge in [-0.25, -0.2) is 5.53 Å². The Morgan fingerprint density at radius 1 is 1.04 bits per heavy atom. The summed E-state index contributed by atoms with van der Waals surface area (Å²) in [5.41, 5.74) is 5.41. The largest absolute Gasteiger partial charge is 0.416 e. The second-order valence-electron chi connectivity index (χ2n) is 5.74. The fourth-order valence-corrected chi connectivity index (χ4v) is 3.00. The molecule has 0 aliphatic carbocycles. The molecule has 1 aliphatic heterocycles. The lowest BCUT2D eigenvalue weighted by atomic mass is 9.94. The van der Waals surface area contributed by atoms with Crippen molar-refractivity contribution in [2.24, 2.45) is 10.3 Å². The lowest BCUT2D eigenvalue weighted by molar-refractivity contribution is -0.137. The zero-order valence-electron chi connectivity index (χ0n) is 13.1. The SMILES string of the molecule is O=c1[nH]c2ccc(C(F)(F)F)cc2c(-c2ccccc2)c1C1N=NNN1. The molecule has 4 rings (SSSR count). The predicted octanol–water partition coefficient (Wildman–Crippen LogP) is 3.69. The minimum atomic E-state index is -4.49. The third kappa shape index (κ3) is 2.72. The van der Waals surface area contributed by atoms with E-state index in [1.54, 1.807) is 30.3 Å². The number of nitrogens with one attached hydrogen (secondary N) is 3. The number of rotatable bonds is 2. The van der Waals surface area contributed by atoms with Crippen LogP contribution in [0.25, 0.3) is 22.0 Å². The molecule has 0 saturated heterocycles. The third-order valence-electron chi connectivity index (χ3n) is 4.14. The van der Waals surface area contributed by atoms with Crippen LogP contribution in [0.2, 0.25) is 0 Å². The van der Waals surface area contributed by atoms with Gasteiger partial charge >= 0.3 is 6.18 Å². The number of alkyl halides is 3. The summed E-state index contributed by atoms with van der Waals surface area (Å²) in [4.78, 5) is 15.3. The van der Waals surface area contributed by atoms with Gasteiger partial charge in [0.1, 0.15) is 0 Å². The minimum Gasteiger partial charge on any atom is -0.322 e. The van der Waals surface area contributed by atoms with Gasteiger partial charge in [-0.2, -0.15) is 18.6 Å². The zero-order chi connectivity index (χ0) is 18.3. The number of pyridine rings is 1. The Morgan fingerprint density at radius 2 is 1.81 bits per heavy atom. The lowest BCUT2D eigenvalue weighted by Gasteiger charge is -2.16. The van der Waals surface area contributed by atoms with Crippen LogP contribution in [0.15, 0.2) is 63.7 Å². The summed E-state index contributed by atoms with van der Waals surface area (Å²) in [5, 5.41) is 7.76. The first kappa shape index (κ1) is 16.3. The molecule has 0 radical (unpaired) electrons. The molecule has 0 fully saturated rings. The second kappa shape index (κ2) is 5.95. The van der Waals surface area contributed by atoms with Gasteiger partial charge in [0.25, 0.3) is 5.56 Å². The number of hydrogen-bond acceptors (Lipinski definition) is 5. The van der Waals surface area contributed by atoms with Crippen LogP contribution in [0.5, 0.6) is 0 Å². The number of fused-ring (bicyclic) bond motifs is 1. The molecular weight excluding hydrogens is 347 g/mol. The van der Waals surface area contributed by atoms with Crippen LogP contribution < -0.4 is 16.5 Å². The Hall–Kier alpha value is -3.20. The van der Waals surface area contributed by atoms with E-state index in [-0.39, 0.29) is 10.9 Å². The first-order chi connectivity index (χ1) is 12.4. The maximum atomic E-state index is 13.2. The molecule has 3 N–H and O–H groups in total. The number of hydrogen-bond donors (Lipinski definition) is 3. The molecule has 1 aliphatic rings. The van der Waals surface area contributed by atoms with E-state index >= 15 is 0 Å². The average molecular weight is 359 g/mol. The van der Waals surface area contributed by atoms with Crippen LogP contribution in [0, 0.1) is 0 Å². The number of aromatic amines is 1. The molecular formula is C17H12F3N5O. The van der Waals surface area contributed by atoms with Crippen molar-refractivity contribution >= 4 is 10.9 Å². The van der Waals surface area contributed by atoms with Crippen molar-refractivity contribution in [1.29, 1.82) is 0 Å². The summed E-state index contributed by atoms with van der Waals surface area (Å²) in [7, 11) is 0. The molecule has 2 heterocycles. The maximum absolute atomic E-state index is 13.2. The van der Waals surface area contributed by atoms with E-state index in [1.807, 2.05) is 0 Å². The van der Waals surface area contributed by atoms with Crippen LogP contribution in [-0.2, 0) is 6.18 Å². The zero-order valence-corrected chi connectivity index (χ0v) is 13.1. The van der Waals surface area contributed by atoms with E-state index in [2.05, 4.69) is 26.3 Å². The van der Waals surface area contributed by atoms with Crippen LogP contribution in [0.4, 0.5) is 13.2 Å². The van der Waals surface area contributed by atoms with Gasteiger partial charge in [0.2, 0.25) is 0 Å². The van der Waals surface area contributed by atoms with Gasteiger partial charge < -0.3 is 4.98 Å². The van der Waals surface area contributed by atoms with Crippen molar-refractivity contribution in [2.45, 2.75) is 12.3 Å². The number of H-pyrrole nitrogens is 1. The third-order valence-corrected chi connectivity index (χ3v) is 4.14. The highest BCUT2D eigenvalue weighted by atomic mass is 19.4. The standard InChI is InChI=1S/C17H12F3N5O/c18-17(19,20)10-6-7-12-11(8-10)13(9-4-2-1-3-5-9)14(16(26)21-12)15-22-24-25-23-15/h1-8,15H,(H,21,26)(H,22,25)(H,23,24). The first-order valence-electron chi connectivity index (χ1n) is 7.68. The van der Waals surface area contributed by atoms with Gasteiger partial charge in [0.05, 0.1) is 11.1 Å². The van der Waals surface area contributed by atoms with E-state index in [9.17, 15) is 18.0 Å². The topological polar surface area (TPSA) is 81.6 Å². The number of hydrazine groups is 1. The normalized spacial score (nSPS) is 16.8. The maximum Gasteiger partial charge on any atom is 0.416 e. The van der Waals surface area contributed by atoms with Crippen molar-refractivity contribution in [3.05, 3.63) is 70.0 Å². The Labute approximate surface area is 144 Å². The highest BCUT2D eigenvalue weighted by Gasteiger charge is 2.32. The van der Waals surface area contributed by atoms with E-state index < -0.39 is 23.5 Å². The number of benzene rings is 2. The highest BCUT2D eigenvalue weighted by molar-refractivity contribution is 5.96. The molecule has 6 nitrogen and oxygen atoms in total. The molecule has 0 saturated carbocycles. The van der Waals surface area contributed by atoms with E-state index in [0.717, 1.165) is 12.1 Å². The summed E-state index contributed by atoms with van der Waals surface area (Å²) < 4.78 is 39.6. The Balaban J connectivity index is 2.10. The van der Waals surface area contributed by atoms with Gasteiger partial charge in [0.15, 0.2) is 6.17 Å². The molecule has 9 heteroatoms. The molecule has 1 unspecified atom stereocenters. The molecule has 1 atom stereocenters. The van der Waals surface area contributed by atoms with E-state index in [1.165, 1.54) is 6.07 Å². The molecule has 1 aromatic heterocycles. The summed E-state index contributed by atoms with van der Waals surface area (Å²) in [5.74, 6) is 0. The van der Waals surface area contributed by atoms with Crippen molar-refractivity contribution < 1.29 is 13.2 Å². The number of halogens is 3. The minimum absolute atomic E-state index is 0.191. The summed E-state index contributed by atoms with van der Waals surface area (Å²) in [6.07, 6.45) is -5.31. The van der Waals surface area contributed by atoms with Crippen LogP contribution in [-0.4, -0.2) is 4.98 Å². The molecule has 26 heavy (non-hydrogen) atoms. The molecule has 0 spiro atoms. The Bertz CT molecular complexity index is 1060. The monoisotopic (exact) mass is 359 g/mol. The quantitative estimate of drug-likeness (QED) is 0.653. The summed E-state index contributed by atoms with van der Waals surface area (Å²) in [6, 6.07) is 12.0. The van der Waals surface area contributed by atoms with Gasteiger partial charge in [-0.05, 0) is 23.8 Å². The van der Waals surface area contributed by atoms with E-state index in [0.29, 0.717) is 16.6 Å². The van der Waals surface area contributed by atoms with Crippen molar-refractivity contribution in [3.8, 4) is 11.1 Å². The Kier molecular flexibility index (Phi) is 3.73. The average Bonchev–Trinajstić information content (AvgIpc) is 3.14. The highest BCUT2D eigenvalue weighted by Crippen LogP contribution is 2.37. The number of aromatic nitrogens is 1. The lowest BCUT2D eigenvalue weighted by Crippen LogP contribution is -2.29. The van der Waals surface area contributed by atoms with Crippen LogP contribution >= 0.6 is 0 Å². The van der Waals surface area contributed by atoms with Gasteiger partial charge in [-0.15, -0.1) is 5.11 Å². The van der Waals surface area contributed by atoms with E-state index in [4.69, 9.17) is 0 Å². The van der Waals surface area contributed by atoms with Gasteiger partial charge in [-0.1, -0.05) is 35.6 Å². The number of nitrogens with zero attached hydrogens (tertiary/aromatic N) is 2. The summed E-state index contributed by atoms with van der Waals surface area (Å²) >= 11 is 0. The fourth-order valence-electron chi connectivity index (χ4n) is 3.00. The first-order valence-corrected chi connectivity index (χ1v) is 7.68. The van der Waals surface area contributed by atoms with Crippen molar-refractivity contribution in [2.75, 3.05) is 0 Å². The smallest absolute Gasteiger partial charge is 0.322 e. The van der Waals surface area contributed by atoms with Crippen LogP contribution in [0.1, 0.15) is 17.3 Å². The molecule has 2 aromatic carbocycles. The van der Waals surface area contributed by atoms with Crippen LogP contribution in [0.3, 0.4) is 0 Å². The predicted molar refractivity (Wildman–Crippen MR) is 88.9 cm³/mol.